The Hall–Kier alpha value is -1.56. The van der Waals surface area contributed by atoms with Crippen LogP contribution in [0.5, 0.6) is 0 Å². The van der Waals surface area contributed by atoms with Crippen LogP contribution in [0.25, 0.3) is 0 Å². The molecule has 6 heteroatoms. The number of aromatic nitrogens is 2. The number of benzene rings is 1. The molecule has 0 saturated heterocycles. The molecule has 108 valence electrons. The summed E-state index contributed by atoms with van der Waals surface area (Å²) in [4.78, 5) is 0.00102. The van der Waals surface area contributed by atoms with Crippen molar-refractivity contribution in [2.45, 2.75) is 37.5 Å². The number of rotatable bonds is 5. The molecular formula is C14H17F2N3S. The molecule has 0 atom stereocenters. The second-order valence-corrected chi connectivity index (χ2v) is 5.38. The van der Waals surface area contributed by atoms with Crippen molar-refractivity contribution in [2.75, 3.05) is 5.73 Å². The molecule has 1 heterocycles. The normalized spacial score (nSPS) is 11.0. The molecule has 0 spiro atoms. The van der Waals surface area contributed by atoms with E-state index in [2.05, 4.69) is 5.10 Å². The molecule has 0 amide bonds. The minimum atomic E-state index is -0.620. The van der Waals surface area contributed by atoms with Crippen LogP contribution in [0, 0.1) is 11.6 Å². The Labute approximate surface area is 121 Å². The topological polar surface area (TPSA) is 43.8 Å². The standard InChI is InChI=1S/C14H17F2N3S/c1-3-10-7-11(19(4-2)18-10)8-20-14-12(15)5-9(17)6-13(14)16/h5-7H,3-4,8,17H2,1-2H3. The predicted octanol–water partition coefficient (Wildman–Crippen LogP) is 3.62. The molecule has 0 aliphatic carbocycles. The predicted molar refractivity (Wildman–Crippen MR) is 77.6 cm³/mol. The second kappa shape index (κ2) is 6.26. The lowest BCUT2D eigenvalue weighted by Crippen LogP contribution is -2.02. The third kappa shape index (κ3) is 3.12. The highest BCUT2D eigenvalue weighted by Gasteiger charge is 2.13. The summed E-state index contributed by atoms with van der Waals surface area (Å²) in [7, 11) is 0. The first-order valence-corrected chi connectivity index (χ1v) is 7.46. The van der Waals surface area contributed by atoms with Gasteiger partial charge in [-0.2, -0.15) is 5.10 Å². The molecule has 2 N–H and O–H groups in total. The molecule has 0 aliphatic heterocycles. The van der Waals surface area contributed by atoms with E-state index in [1.54, 1.807) is 0 Å². The van der Waals surface area contributed by atoms with Crippen LogP contribution in [0.4, 0.5) is 14.5 Å². The van der Waals surface area contributed by atoms with Crippen molar-refractivity contribution in [3.8, 4) is 0 Å². The van der Waals surface area contributed by atoms with Crippen LogP contribution in [0.15, 0.2) is 23.1 Å². The number of nitrogens with two attached hydrogens (primary N) is 1. The van der Waals surface area contributed by atoms with E-state index in [1.807, 2.05) is 24.6 Å². The van der Waals surface area contributed by atoms with Gasteiger partial charge in [0, 0.05) is 23.7 Å². The molecule has 1 aromatic carbocycles. The maximum Gasteiger partial charge on any atom is 0.141 e. The van der Waals surface area contributed by atoms with Gasteiger partial charge in [-0.05, 0) is 31.5 Å². The number of aryl methyl sites for hydroxylation is 2. The van der Waals surface area contributed by atoms with Crippen molar-refractivity contribution in [3.05, 3.63) is 41.2 Å². The van der Waals surface area contributed by atoms with Crippen LogP contribution in [-0.2, 0) is 18.7 Å². The number of halogens is 2. The Morgan fingerprint density at radius 1 is 1.20 bits per heavy atom. The lowest BCUT2D eigenvalue weighted by atomic mass is 10.3. The van der Waals surface area contributed by atoms with Gasteiger partial charge in [0.15, 0.2) is 0 Å². The zero-order valence-electron chi connectivity index (χ0n) is 11.5. The monoisotopic (exact) mass is 297 g/mol. The van der Waals surface area contributed by atoms with Crippen LogP contribution < -0.4 is 5.73 Å². The molecule has 0 bridgehead atoms. The smallest absolute Gasteiger partial charge is 0.141 e. The Morgan fingerprint density at radius 2 is 1.85 bits per heavy atom. The van der Waals surface area contributed by atoms with Crippen LogP contribution in [0.2, 0.25) is 0 Å². The van der Waals surface area contributed by atoms with Crippen molar-refractivity contribution in [1.29, 1.82) is 0 Å². The molecule has 0 fully saturated rings. The number of hydrogen-bond acceptors (Lipinski definition) is 3. The van der Waals surface area contributed by atoms with Crippen molar-refractivity contribution in [1.82, 2.24) is 9.78 Å². The molecule has 0 aliphatic rings. The number of nitrogens with zero attached hydrogens (tertiary/aromatic N) is 2. The average Bonchev–Trinajstić information content (AvgIpc) is 2.80. The first-order chi connectivity index (χ1) is 9.55. The van der Waals surface area contributed by atoms with Crippen molar-refractivity contribution in [3.63, 3.8) is 0 Å². The number of thioether (sulfide) groups is 1. The van der Waals surface area contributed by atoms with E-state index < -0.39 is 11.6 Å². The van der Waals surface area contributed by atoms with Crippen LogP contribution >= 0.6 is 11.8 Å². The van der Waals surface area contributed by atoms with Gasteiger partial charge in [-0.15, -0.1) is 11.8 Å². The van der Waals surface area contributed by atoms with Crippen molar-refractivity contribution in [2.24, 2.45) is 0 Å². The molecule has 3 nitrogen and oxygen atoms in total. The number of hydrogen-bond donors (Lipinski definition) is 1. The summed E-state index contributed by atoms with van der Waals surface area (Å²) < 4.78 is 29.3. The van der Waals surface area contributed by atoms with Gasteiger partial charge in [-0.3, -0.25) is 4.68 Å². The van der Waals surface area contributed by atoms with Crippen LogP contribution in [-0.4, -0.2) is 9.78 Å². The van der Waals surface area contributed by atoms with E-state index in [9.17, 15) is 8.78 Å². The third-order valence-electron chi connectivity index (χ3n) is 2.96. The van der Waals surface area contributed by atoms with Gasteiger partial charge >= 0.3 is 0 Å². The highest BCUT2D eigenvalue weighted by Crippen LogP contribution is 2.30. The molecule has 0 saturated carbocycles. The van der Waals surface area contributed by atoms with Crippen LogP contribution in [0.3, 0.4) is 0 Å². The van der Waals surface area contributed by atoms with E-state index >= 15 is 0 Å². The van der Waals surface area contributed by atoms with Gasteiger partial charge in [-0.25, -0.2) is 8.78 Å². The molecular weight excluding hydrogens is 280 g/mol. The third-order valence-corrected chi connectivity index (χ3v) is 4.08. The average molecular weight is 297 g/mol. The Bertz CT molecular complexity index is 587. The highest BCUT2D eigenvalue weighted by molar-refractivity contribution is 7.98. The first kappa shape index (κ1) is 14.8. The fourth-order valence-corrected chi connectivity index (χ4v) is 2.86. The summed E-state index contributed by atoms with van der Waals surface area (Å²) >= 11 is 1.12. The first-order valence-electron chi connectivity index (χ1n) is 6.48. The van der Waals surface area contributed by atoms with E-state index in [0.717, 1.165) is 48.2 Å². The molecule has 2 aromatic rings. The summed E-state index contributed by atoms with van der Waals surface area (Å²) in [5, 5.41) is 4.41. The molecule has 2 rings (SSSR count). The second-order valence-electron chi connectivity index (χ2n) is 4.40. The minimum absolute atomic E-state index is 0.00102. The molecule has 1 aromatic heterocycles. The van der Waals surface area contributed by atoms with E-state index in [0.29, 0.717) is 5.75 Å². The van der Waals surface area contributed by atoms with Crippen LogP contribution in [0.1, 0.15) is 25.2 Å². The summed E-state index contributed by atoms with van der Waals surface area (Å²) in [6.07, 6.45) is 0.843. The van der Waals surface area contributed by atoms with E-state index in [-0.39, 0.29) is 10.6 Å². The Kier molecular flexibility index (Phi) is 4.65. The summed E-state index contributed by atoms with van der Waals surface area (Å²) in [5.74, 6) is -0.768. The summed E-state index contributed by atoms with van der Waals surface area (Å²) in [6.45, 7) is 4.76. The molecule has 0 radical (unpaired) electrons. The Balaban J connectivity index is 2.18. The van der Waals surface area contributed by atoms with Gasteiger partial charge in [0.05, 0.1) is 10.6 Å². The van der Waals surface area contributed by atoms with Crippen molar-refractivity contribution >= 4 is 17.4 Å². The highest BCUT2D eigenvalue weighted by atomic mass is 32.2. The largest absolute Gasteiger partial charge is 0.399 e. The summed E-state index contributed by atoms with van der Waals surface area (Å²) in [5.41, 5.74) is 7.44. The Morgan fingerprint density at radius 3 is 2.40 bits per heavy atom. The molecule has 20 heavy (non-hydrogen) atoms. The lowest BCUT2D eigenvalue weighted by Gasteiger charge is -2.07. The lowest BCUT2D eigenvalue weighted by molar-refractivity contribution is 0.541. The zero-order chi connectivity index (χ0) is 14.7. The van der Waals surface area contributed by atoms with E-state index in [4.69, 9.17) is 5.73 Å². The SMILES string of the molecule is CCc1cc(CSc2c(F)cc(N)cc2F)n(CC)n1. The van der Waals surface area contributed by atoms with Gasteiger partial charge < -0.3 is 5.73 Å². The maximum atomic E-state index is 13.7. The van der Waals surface area contributed by atoms with Gasteiger partial charge in [-0.1, -0.05) is 6.92 Å². The summed E-state index contributed by atoms with van der Waals surface area (Å²) in [6, 6.07) is 4.25. The van der Waals surface area contributed by atoms with Gasteiger partial charge in [0.1, 0.15) is 11.6 Å². The quantitative estimate of drug-likeness (QED) is 0.677. The number of nitrogen functional groups attached to an aromatic ring is 1. The fraction of sp³-hybridized carbons (Fsp3) is 0.357. The zero-order valence-corrected chi connectivity index (χ0v) is 12.3. The number of anilines is 1. The minimum Gasteiger partial charge on any atom is -0.399 e. The van der Waals surface area contributed by atoms with Crippen molar-refractivity contribution < 1.29 is 8.78 Å². The molecule has 0 unspecified atom stereocenters. The van der Waals surface area contributed by atoms with E-state index in [1.165, 1.54) is 0 Å². The van der Waals surface area contributed by atoms with Gasteiger partial charge in [0.2, 0.25) is 0 Å². The maximum absolute atomic E-state index is 13.7. The van der Waals surface area contributed by atoms with Gasteiger partial charge in [0.25, 0.3) is 0 Å². The fourth-order valence-electron chi connectivity index (χ4n) is 1.94.